The highest BCUT2D eigenvalue weighted by molar-refractivity contribution is 9.10. The van der Waals surface area contributed by atoms with Crippen LogP contribution < -0.4 is 5.56 Å². The van der Waals surface area contributed by atoms with E-state index in [1.54, 1.807) is 12.1 Å². The molecule has 0 aliphatic heterocycles. The quantitative estimate of drug-likeness (QED) is 0.776. The smallest absolute Gasteiger partial charge is 0.290 e. The van der Waals surface area contributed by atoms with Gasteiger partial charge in [0.15, 0.2) is 5.75 Å². The molecule has 2 aromatic rings. The van der Waals surface area contributed by atoms with Crippen LogP contribution in [-0.2, 0) is 0 Å². The molecule has 0 fully saturated rings. The third-order valence-corrected chi connectivity index (χ3v) is 2.60. The minimum Gasteiger partial charge on any atom is -0.503 e. The molecule has 2 rings (SSSR count). The molecule has 0 unspecified atom stereocenters. The largest absolute Gasteiger partial charge is 0.503 e. The Morgan fingerprint density at radius 2 is 2.07 bits per heavy atom. The Kier molecular flexibility index (Phi) is 2.25. The van der Waals surface area contributed by atoms with Gasteiger partial charge in [0, 0.05) is 9.86 Å². The van der Waals surface area contributed by atoms with E-state index in [9.17, 15) is 9.90 Å². The molecule has 0 saturated heterocycles. The van der Waals surface area contributed by atoms with Gasteiger partial charge in [-0.25, -0.2) is 0 Å². The molecule has 3 nitrogen and oxygen atoms in total. The summed E-state index contributed by atoms with van der Waals surface area (Å²) in [6.07, 6.45) is 0. The number of fused-ring (bicyclic) bond motifs is 1. The van der Waals surface area contributed by atoms with Crippen molar-refractivity contribution < 1.29 is 5.11 Å². The summed E-state index contributed by atoms with van der Waals surface area (Å²) in [6, 6.07) is 4.82. The molecule has 0 bridgehead atoms. The van der Waals surface area contributed by atoms with Crippen LogP contribution in [0, 0.1) is 0 Å². The summed E-state index contributed by atoms with van der Waals surface area (Å²) < 4.78 is 0.793. The fourth-order valence-electron chi connectivity index (χ4n) is 1.23. The van der Waals surface area contributed by atoms with E-state index < -0.39 is 5.56 Å². The normalized spacial score (nSPS) is 10.7. The van der Waals surface area contributed by atoms with Crippen LogP contribution in [0.15, 0.2) is 27.5 Å². The van der Waals surface area contributed by atoms with Gasteiger partial charge in [-0.3, -0.25) is 4.79 Å². The average molecular weight is 275 g/mol. The predicted octanol–water partition coefficient (Wildman–Crippen LogP) is 2.65. The number of hydrogen-bond acceptors (Lipinski definition) is 2. The number of aromatic nitrogens is 1. The van der Waals surface area contributed by atoms with E-state index in [0.717, 1.165) is 4.47 Å². The van der Waals surface area contributed by atoms with E-state index in [0.29, 0.717) is 15.9 Å². The minimum atomic E-state index is -0.540. The first-order chi connectivity index (χ1) is 6.58. The number of aromatic amines is 1. The second-order valence-corrected chi connectivity index (χ2v) is 4.16. The first-order valence-corrected chi connectivity index (χ1v) is 4.96. The molecular weight excluding hydrogens is 269 g/mol. The van der Waals surface area contributed by atoms with Crippen LogP contribution in [0.3, 0.4) is 0 Å². The van der Waals surface area contributed by atoms with Gasteiger partial charge in [0.2, 0.25) is 0 Å². The molecule has 72 valence electrons. The van der Waals surface area contributed by atoms with Crippen molar-refractivity contribution in [2.45, 2.75) is 0 Å². The van der Waals surface area contributed by atoms with E-state index in [1.807, 2.05) is 0 Å². The van der Waals surface area contributed by atoms with Crippen molar-refractivity contribution in [2.24, 2.45) is 0 Å². The zero-order valence-corrected chi connectivity index (χ0v) is 9.19. The maximum absolute atomic E-state index is 11.1. The van der Waals surface area contributed by atoms with Gasteiger partial charge in [-0.1, -0.05) is 27.5 Å². The lowest BCUT2D eigenvalue weighted by Gasteiger charge is -2.01. The molecule has 0 aliphatic carbocycles. The summed E-state index contributed by atoms with van der Waals surface area (Å²) in [5.41, 5.74) is -0.0145. The van der Waals surface area contributed by atoms with Gasteiger partial charge >= 0.3 is 0 Å². The van der Waals surface area contributed by atoms with Crippen LogP contribution in [0.5, 0.6) is 5.75 Å². The summed E-state index contributed by atoms with van der Waals surface area (Å²) in [6.45, 7) is 0. The summed E-state index contributed by atoms with van der Waals surface area (Å²) in [7, 11) is 0. The molecular formula is C9H5BrClNO2. The lowest BCUT2D eigenvalue weighted by atomic mass is 10.2. The van der Waals surface area contributed by atoms with E-state index in [2.05, 4.69) is 20.9 Å². The van der Waals surface area contributed by atoms with E-state index >= 15 is 0 Å². The van der Waals surface area contributed by atoms with Crippen molar-refractivity contribution in [2.75, 3.05) is 0 Å². The van der Waals surface area contributed by atoms with Crippen LogP contribution >= 0.6 is 27.5 Å². The maximum atomic E-state index is 11.1. The topological polar surface area (TPSA) is 53.1 Å². The Balaban J connectivity index is 2.96. The van der Waals surface area contributed by atoms with Gasteiger partial charge < -0.3 is 10.1 Å². The number of benzene rings is 1. The molecule has 0 spiro atoms. The van der Waals surface area contributed by atoms with Crippen LogP contribution in [0.25, 0.3) is 10.9 Å². The number of nitrogens with one attached hydrogen (secondary N) is 1. The van der Waals surface area contributed by atoms with E-state index in [4.69, 9.17) is 11.6 Å². The molecule has 0 aliphatic rings. The number of pyridine rings is 1. The molecule has 0 atom stereocenters. The molecule has 5 heteroatoms. The Labute approximate surface area is 92.5 Å². The van der Waals surface area contributed by atoms with Crippen LogP contribution in [0.2, 0.25) is 5.02 Å². The van der Waals surface area contributed by atoms with Crippen molar-refractivity contribution in [3.63, 3.8) is 0 Å². The Bertz CT molecular complexity index is 564. The number of H-pyrrole nitrogens is 1. The van der Waals surface area contributed by atoms with Crippen molar-refractivity contribution in [3.05, 3.63) is 38.0 Å². The van der Waals surface area contributed by atoms with Crippen molar-refractivity contribution in [3.8, 4) is 5.75 Å². The number of rotatable bonds is 0. The zero-order chi connectivity index (χ0) is 10.3. The lowest BCUT2D eigenvalue weighted by molar-refractivity contribution is 0.468. The predicted molar refractivity (Wildman–Crippen MR) is 58.9 cm³/mol. The van der Waals surface area contributed by atoms with Gasteiger partial charge in [0.1, 0.15) is 0 Å². The molecule has 0 saturated carbocycles. The van der Waals surface area contributed by atoms with Gasteiger partial charge in [-0.2, -0.15) is 0 Å². The molecule has 0 radical (unpaired) electrons. The fraction of sp³-hybridized carbons (Fsp3) is 0. The van der Waals surface area contributed by atoms with Crippen molar-refractivity contribution >= 4 is 38.4 Å². The first-order valence-electron chi connectivity index (χ1n) is 3.79. The molecule has 1 aromatic heterocycles. The Hall–Kier alpha value is -1.00. The zero-order valence-electron chi connectivity index (χ0n) is 6.84. The minimum absolute atomic E-state index is 0.313. The standard InChI is InChI=1S/C9H5BrClNO2/c10-5-1-4-2-7(13)9(14)12-8(4)6(11)3-5/h1-3,13H,(H,12,14). The molecule has 1 heterocycles. The summed E-state index contributed by atoms with van der Waals surface area (Å²) >= 11 is 9.17. The number of halogens is 2. The number of hydrogen-bond donors (Lipinski definition) is 2. The SMILES string of the molecule is O=c1[nH]c2c(Cl)cc(Br)cc2cc1O. The first kappa shape index (κ1) is 9.55. The summed E-state index contributed by atoms with van der Waals surface area (Å²) in [5.74, 6) is -0.313. The summed E-state index contributed by atoms with van der Waals surface area (Å²) in [5, 5.41) is 10.3. The van der Waals surface area contributed by atoms with Gasteiger partial charge in [-0.05, 0) is 18.2 Å². The second-order valence-electron chi connectivity index (χ2n) is 2.84. The Morgan fingerprint density at radius 1 is 1.36 bits per heavy atom. The fourth-order valence-corrected chi connectivity index (χ4v) is 2.11. The van der Waals surface area contributed by atoms with Crippen molar-refractivity contribution in [1.29, 1.82) is 0 Å². The number of aromatic hydroxyl groups is 1. The molecule has 0 amide bonds. The average Bonchev–Trinajstić information content (AvgIpc) is 2.08. The van der Waals surface area contributed by atoms with E-state index in [1.165, 1.54) is 6.07 Å². The second kappa shape index (κ2) is 3.29. The highest BCUT2D eigenvalue weighted by Crippen LogP contribution is 2.26. The monoisotopic (exact) mass is 273 g/mol. The summed E-state index contributed by atoms with van der Waals surface area (Å²) in [4.78, 5) is 13.6. The third kappa shape index (κ3) is 1.51. The van der Waals surface area contributed by atoms with Crippen molar-refractivity contribution in [1.82, 2.24) is 4.98 Å². The van der Waals surface area contributed by atoms with Crippen LogP contribution in [0.4, 0.5) is 0 Å². The lowest BCUT2D eigenvalue weighted by Crippen LogP contribution is -2.04. The molecule has 2 N–H and O–H groups in total. The van der Waals surface area contributed by atoms with Crippen LogP contribution in [-0.4, -0.2) is 10.1 Å². The van der Waals surface area contributed by atoms with Crippen LogP contribution in [0.1, 0.15) is 0 Å². The van der Waals surface area contributed by atoms with Gasteiger partial charge in [0.25, 0.3) is 5.56 Å². The van der Waals surface area contributed by atoms with E-state index in [-0.39, 0.29) is 5.75 Å². The highest BCUT2D eigenvalue weighted by atomic mass is 79.9. The van der Waals surface area contributed by atoms with Gasteiger partial charge in [-0.15, -0.1) is 0 Å². The molecule has 14 heavy (non-hydrogen) atoms. The van der Waals surface area contributed by atoms with Gasteiger partial charge in [0.05, 0.1) is 10.5 Å². The molecule has 1 aromatic carbocycles. The highest BCUT2D eigenvalue weighted by Gasteiger charge is 2.05. The maximum Gasteiger partial charge on any atom is 0.290 e. The Morgan fingerprint density at radius 3 is 2.79 bits per heavy atom. The third-order valence-electron chi connectivity index (χ3n) is 1.85.